The van der Waals surface area contributed by atoms with Gasteiger partial charge in [-0.15, -0.1) is 22.7 Å². The summed E-state index contributed by atoms with van der Waals surface area (Å²) in [7, 11) is 1.80. The summed E-state index contributed by atoms with van der Waals surface area (Å²) in [6.45, 7) is 0.620. The molecule has 2 aromatic rings. The second-order valence-electron chi connectivity index (χ2n) is 3.83. The number of carbonyl (C=O) groups excluding carboxylic acids is 1. The Morgan fingerprint density at radius 2 is 2.28 bits per heavy atom. The Labute approximate surface area is 122 Å². The van der Waals surface area contributed by atoms with E-state index in [-0.39, 0.29) is 5.91 Å². The number of aromatic nitrogens is 1. The second-order valence-corrected chi connectivity index (χ2v) is 6.64. The molecule has 0 aliphatic rings. The van der Waals surface area contributed by atoms with Crippen LogP contribution in [0.25, 0.3) is 0 Å². The minimum absolute atomic E-state index is 0.0461. The molecule has 18 heavy (non-hydrogen) atoms. The van der Waals surface area contributed by atoms with Gasteiger partial charge >= 0.3 is 0 Å². The highest BCUT2D eigenvalue weighted by Crippen LogP contribution is 2.21. The summed E-state index contributed by atoms with van der Waals surface area (Å²) in [6.07, 6.45) is 0.302. The van der Waals surface area contributed by atoms with Crippen LogP contribution in [0.2, 0.25) is 0 Å². The van der Waals surface area contributed by atoms with E-state index in [0.717, 1.165) is 15.0 Å². The SMILES string of the molecule is CN(Cc1cc(Br)cs1)C(=O)Cc1csc(N)n1. The van der Waals surface area contributed by atoms with Crippen molar-refractivity contribution in [1.29, 1.82) is 0 Å². The minimum atomic E-state index is 0.0461. The molecule has 4 nitrogen and oxygen atoms in total. The number of hydrogen-bond acceptors (Lipinski definition) is 5. The molecule has 2 N–H and O–H groups in total. The largest absolute Gasteiger partial charge is 0.375 e. The Morgan fingerprint density at radius 3 is 2.83 bits per heavy atom. The average molecular weight is 346 g/mol. The molecular weight excluding hydrogens is 334 g/mol. The number of nitrogen functional groups attached to an aromatic ring is 1. The normalized spacial score (nSPS) is 10.6. The van der Waals surface area contributed by atoms with E-state index in [0.29, 0.717) is 18.1 Å². The molecule has 96 valence electrons. The maximum atomic E-state index is 12.0. The molecule has 0 saturated heterocycles. The third kappa shape index (κ3) is 3.54. The number of thiophene rings is 1. The standard InChI is InChI=1S/C11H12BrN3OS2/c1-15(4-9-2-7(12)5-17-9)10(16)3-8-6-18-11(13)14-8/h2,5-6H,3-4H2,1H3,(H2,13,14). The van der Waals surface area contributed by atoms with Gasteiger partial charge in [-0.1, -0.05) is 0 Å². The smallest absolute Gasteiger partial charge is 0.228 e. The van der Waals surface area contributed by atoms with Crippen molar-refractivity contribution in [3.05, 3.63) is 31.9 Å². The molecule has 0 saturated carbocycles. The Kier molecular flexibility index (Phi) is 4.36. The van der Waals surface area contributed by atoms with Crippen molar-refractivity contribution in [2.75, 3.05) is 12.8 Å². The van der Waals surface area contributed by atoms with Gasteiger partial charge in [0, 0.05) is 27.2 Å². The molecule has 2 rings (SSSR count). The number of likely N-dealkylation sites (N-methyl/N-ethyl adjacent to an activating group) is 1. The number of halogens is 1. The van der Waals surface area contributed by atoms with Gasteiger partial charge in [0.2, 0.25) is 5.91 Å². The zero-order valence-electron chi connectivity index (χ0n) is 9.72. The van der Waals surface area contributed by atoms with Gasteiger partial charge in [-0.3, -0.25) is 4.79 Å². The highest BCUT2D eigenvalue weighted by molar-refractivity contribution is 9.10. The van der Waals surface area contributed by atoms with Crippen LogP contribution < -0.4 is 5.73 Å². The van der Waals surface area contributed by atoms with Crippen LogP contribution in [0.15, 0.2) is 21.3 Å². The van der Waals surface area contributed by atoms with Crippen LogP contribution in [0.3, 0.4) is 0 Å². The average Bonchev–Trinajstić information content (AvgIpc) is 2.88. The molecule has 0 radical (unpaired) electrons. The van der Waals surface area contributed by atoms with Gasteiger partial charge in [0.15, 0.2) is 5.13 Å². The molecule has 0 atom stereocenters. The Balaban J connectivity index is 1.92. The van der Waals surface area contributed by atoms with Gasteiger partial charge in [0.05, 0.1) is 18.7 Å². The van der Waals surface area contributed by atoms with Crippen molar-refractivity contribution in [3.63, 3.8) is 0 Å². The van der Waals surface area contributed by atoms with Crippen molar-refractivity contribution >= 4 is 49.6 Å². The molecule has 0 unspecified atom stereocenters. The number of rotatable bonds is 4. The number of anilines is 1. The zero-order valence-corrected chi connectivity index (χ0v) is 12.9. The van der Waals surface area contributed by atoms with Crippen LogP contribution in [0.4, 0.5) is 5.13 Å². The van der Waals surface area contributed by atoms with E-state index in [1.165, 1.54) is 11.3 Å². The van der Waals surface area contributed by atoms with Gasteiger partial charge in [-0.2, -0.15) is 0 Å². The molecule has 0 fully saturated rings. The summed E-state index contributed by atoms with van der Waals surface area (Å²) in [5, 5.41) is 4.33. The van der Waals surface area contributed by atoms with Crippen LogP contribution in [0, 0.1) is 0 Å². The lowest BCUT2D eigenvalue weighted by Crippen LogP contribution is -2.27. The predicted molar refractivity (Wildman–Crippen MR) is 78.7 cm³/mol. The summed E-state index contributed by atoms with van der Waals surface area (Å²) < 4.78 is 1.05. The van der Waals surface area contributed by atoms with Crippen LogP contribution >= 0.6 is 38.6 Å². The van der Waals surface area contributed by atoms with Crippen LogP contribution in [-0.2, 0) is 17.8 Å². The molecule has 1 amide bonds. The molecule has 2 aromatic heterocycles. The predicted octanol–water partition coefficient (Wildman–Crippen LogP) is 2.75. The summed E-state index contributed by atoms with van der Waals surface area (Å²) in [5.74, 6) is 0.0461. The highest BCUT2D eigenvalue weighted by atomic mass is 79.9. The number of nitrogens with two attached hydrogens (primary N) is 1. The summed E-state index contributed by atoms with van der Waals surface area (Å²) in [6, 6.07) is 2.02. The third-order valence-electron chi connectivity index (χ3n) is 2.34. The van der Waals surface area contributed by atoms with Gasteiger partial charge in [-0.25, -0.2) is 4.98 Å². The van der Waals surface area contributed by atoms with Crippen LogP contribution in [0.5, 0.6) is 0 Å². The van der Waals surface area contributed by atoms with Crippen LogP contribution in [-0.4, -0.2) is 22.8 Å². The van der Waals surface area contributed by atoms with Gasteiger partial charge in [-0.05, 0) is 22.0 Å². The van der Waals surface area contributed by atoms with Crippen LogP contribution in [0.1, 0.15) is 10.6 Å². The van der Waals surface area contributed by atoms with Gasteiger partial charge in [0.1, 0.15) is 0 Å². The van der Waals surface area contributed by atoms with E-state index in [9.17, 15) is 4.79 Å². The van der Waals surface area contributed by atoms with E-state index >= 15 is 0 Å². The fourth-order valence-electron chi connectivity index (χ4n) is 1.45. The van der Waals surface area contributed by atoms with Crippen molar-refractivity contribution in [2.45, 2.75) is 13.0 Å². The van der Waals surface area contributed by atoms with Gasteiger partial charge in [0.25, 0.3) is 0 Å². The number of thiazole rings is 1. The Hall–Kier alpha value is -0.920. The zero-order chi connectivity index (χ0) is 13.1. The lowest BCUT2D eigenvalue weighted by Gasteiger charge is -2.15. The summed E-state index contributed by atoms with van der Waals surface area (Å²) >= 11 is 6.39. The van der Waals surface area contributed by atoms with E-state index in [4.69, 9.17) is 5.73 Å². The number of carbonyl (C=O) groups is 1. The van der Waals surface area contributed by atoms with E-state index in [2.05, 4.69) is 20.9 Å². The first-order valence-electron chi connectivity index (χ1n) is 5.21. The number of hydrogen-bond donors (Lipinski definition) is 1. The minimum Gasteiger partial charge on any atom is -0.375 e. The maximum absolute atomic E-state index is 12.0. The first kappa shape index (κ1) is 13.5. The number of amides is 1. The molecule has 0 spiro atoms. The molecule has 7 heteroatoms. The first-order chi connectivity index (χ1) is 8.54. The topological polar surface area (TPSA) is 59.2 Å². The molecule has 2 heterocycles. The maximum Gasteiger partial charge on any atom is 0.228 e. The van der Waals surface area contributed by atoms with Crippen molar-refractivity contribution in [2.24, 2.45) is 0 Å². The highest BCUT2D eigenvalue weighted by Gasteiger charge is 2.12. The molecular formula is C11H12BrN3OS2. The summed E-state index contributed by atoms with van der Waals surface area (Å²) in [5.41, 5.74) is 6.27. The van der Waals surface area contributed by atoms with Crippen molar-refractivity contribution < 1.29 is 4.79 Å². The quantitative estimate of drug-likeness (QED) is 0.926. The first-order valence-corrected chi connectivity index (χ1v) is 7.76. The van der Waals surface area contributed by atoms with Crippen molar-refractivity contribution in [1.82, 2.24) is 9.88 Å². The van der Waals surface area contributed by atoms with Gasteiger partial charge < -0.3 is 10.6 Å². The molecule has 0 aliphatic heterocycles. The van der Waals surface area contributed by atoms with E-state index < -0.39 is 0 Å². The lowest BCUT2D eigenvalue weighted by atomic mass is 10.3. The molecule has 0 aliphatic carbocycles. The Morgan fingerprint density at radius 1 is 1.50 bits per heavy atom. The second kappa shape index (κ2) is 5.81. The molecule has 0 bridgehead atoms. The number of nitrogens with zero attached hydrogens (tertiary/aromatic N) is 2. The summed E-state index contributed by atoms with van der Waals surface area (Å²) in [4.78, 5) is 18.9. The fourth-order valence-corrected chi connectivity index (χ4v) is 3.52. The Bertz CT molecular complexity index is 552. The molecule has 0 aromatic carbocycles. The lowest BCUT2D eigenvalue weighted by molar-refractivity contribution is -0.129. The monoisotopic (exact) mass is 345 g/mol. The van der Waals surface area contributed by atoms with Crippen molar-refractivity contribution in [3.8, 4) is 0 Å². The van der Waals surface area contributed by atoms with E-state index in [1.54, 1.807) is 23.3 Å². The fraction of sp³-hybridized carbons (Fsp3) is 0.273. The van der Waals surface area contributed by atoms with E-state index in [1.807, 2.05) is 16.8 Å². The third-order valence-corrected chi connectivity index (χ3v) is 4.75.